The fourth-order valence-corrected chi connectivity index (χ4v) is 8.48. The summed E-state index contributed by atoms with van der Waals surface area (Å²) in [4.78, 5) is 33.0. The van der Waals surface area contributed by atoms with Gasteiger partial charge in [0, 0.05) is 74.4 Å². The number of pyridine rings is 1. The number of aromatic nitrogens is 1. The zero-order valence-corrected chi connectivity index (χ0v) is 31.5. The number of urea groups is 1. The third-order valence-corrected chi connectivity index (χ3v) is 11.4. The topological polar surface area (TPSA) is 149 Å². The summed E-state index contributed by atoms with van der Waals surface area (Å²) < 4.78 is 19.2. The maximum absolute atomic E-state index is 12.6. The van der Waals surface area contributed by atoms with E-state index >= 15 is 0 Å². The predicted octanol–water partition coefficient (Wildman–Crippen LogP) is 5.80. The van der Waals surface area contributed by atoms with E-state index in [1.54, 1.807) is 18.3 Å². The lowest BCUT2D eigenvalue weighted by molar-refractivity contribution is -0.123. The third kappa shape index (κ3) is 7.81. The number of nitriles is 1. The van der Waals surface area contributed by atoms with Crippen molar-refractivity contribution in [2.24, 2.45) is 0 Å². The van der Waals surface area contributed by atoms with Crippen molar-refractivity contribution in [3.05, 3.63) is 105 Å². The standard InChI is InChI=1S/C41H40Cl2N6O6/c42-33-15-27(20-49-12-10-41(24-49)39(51)46-40(52)47-41)36(54-23-26-14-25(17-44)18-45-19-26)16-37(33)55-34-9-8-30-29(4-1-5-31(30)34)32-6-2-7-35(38(32)43)53-13-3-11-48-21-28(50)22-48/h1-2,4-7,14-16,18-19,28,34,50H,3,8-13,20-24H2,(H2,46,47,51,52)/t34-,41?/m0/s1. The summed E-state index contributed by atoms with van der Waals surface area (Å²) in [5, 5.41) is 25.1. The van der Waals surface area contributed by atoms with Crippen LogP contribution in [0.2, 0.25) is 10.0 Å². The molecule has 3 aliphatic heterocycles. The summed E-state index contributed by atoms with van der Waals surface area (Å²) in [6.45, 7) is 4.33. The Morgan fingerprint density at radius 3 is 2.64 bits per heavy atom. The zero-order valence-electron chi connectivity index (χ0n) is 30.0. The van der Waals surface area contributed by atoms with E-state index in [0.717, 1.165) is 59.2 Å². The SMILES string of the molecule is N#Cc1cncc(COc2cc(O[C@H]3CCc4c(-c5cccc(OCCCN6CC(O)C6)c5Cl)cccc43)c(Cl)cc2CN2CCC3(C2)NC(=O)NC3=O)c1. The van der Waals surface area contributed by atoms with E-state index in [0.29, 0.717) is 78.6 Å². The lowest BCUT2D eigenvalue weighted by Gasteiger charge is -2.35. The first-order valence-electron chi connectivity index (χ1n) is 18.4. The number of nitrogens with zero attached hydrogens (tertiary/aromatic N) is 4. The number of hydrogen-bond donors (Lipinski definition) is 3. The molecule has 55 heavy (non-hydrogen) atoms. The molecule has 14 heteroatoms. The Balaban J connectivity index is 1.01. The Labute approximate surface area is 328 Å². The average Bonchev–Trinajstić information content (AvgIpc) is 3.85. The van der Waals surface area contributed by atoms with Crippen molar-refractivity contribution in [3.63, 3.8) is 0 Å². The van der Waals surface area contributed by atoms with Gasteiger partial charge in [0.1, 0.15) is 41.6 Å². The van der Waals surface area contributed by atoms with E-state index < -0.39 is 11.6 Å². The van der Waals surface area contributed by atoms with Gasteiger partial charge in [-0.2, -0.15) is 5.26 Å². The lowest BCUT2D eigenvalue weighted by atomic mass is 9.96. The molecule has 1 unspecified atom stereocenters. The second kappa shape index (κ2) is 15.7. The van der Waals surface area contributed by atoms with Crippen LogP contribution in [0.15, 0.2) is 67.0 Å². The molecule has 3 fully saturated rings. The van der Waals surface area contributed by atoms with E-state index in [2.05, 4.69) is 43.6 Å². The number of benzene rings is 3. The second-order valence-corrected chi connectivity index (χ2v) is 15.4. The van der Waals surface area contributed by atoms with Gasteiger partial charge in [-0.05, 0) is 60.6 Å². The van der Waals surface area contributed by atoms with Crippen molar-refractivity contribution in [1.82, 2.24) is 25.4 Å². The highest BCUT2D eigenvalue weighted by molar-refractivity contribution is 6.35. The number of nitrogens with one attached hydrogen (secondary N) is 2. The Morgan fingerprint density at radius 2 is 1.84 bits per heavy atom. The van der Waals surface area contributed by atoms with Gasteiger partial charge in [0.15, 0.2) is 0 Å². The molecule has 1 spiro atoms. The van der Waals surface area contributed by atoms with E-state index in [4.69, 9.17) is 37.4 Å². The summed E-state index contributed by atoms with van der Waals surface area (Å²) in [6.07, 6.45) is 5.50. The van der Waals surface area contributed by atoms with Gasteiger partial charge < -0.3 is 24.6 Å². The van der Waals surface area contributed by atoms with Crippen LogP contribution in [0, 0.1) is 11.3 Å². The maximum atomic E-state index is 12.6. The van der Waals surface area contributed by atoms with E-state index in [1.807, 2.05) is 30.3 Å². The normalized spacial score (nSPS) is 20.9. The molecule has 284 valence electrons. The molecular weight excluding hydrogens is 743 g/mol. The van der Waals surface area contributed by atoms with Gasteiger partial charge in [0.25, 0.3) is 5.91 Å². The van der Waals surface area contributed by atoms with Crippen molar-refractivity contribution in [1.29, 1.82) is 5.26 Å². The van der Waals surface area contributed by atoms with Gasteiger partial charge in [-0.1, -0.05) is 53.5 Å². The lowest BCUT2D eigenvalue weighted by Crippen LogP contribution is -2.50. The van der Waals surface area contributed by atoms with Crippen LogP contribution < -0.4 is 24.8 Å². The fraction of sp³-hybridized carbons (Fsp3) is 0.366. The van der Waals surface area contributed by atoms with Crippen LogP contribution in [-0.4, -0.2) is 82.8 Å². The van der Waals surface area contributed by atoms with Gasteiger partial charge >= 0.3 is 6.03 Å². The Bertz CT molecular complexity index is 2170. The van der Waals surface area contributed by atoms with Gasteiger partial charge in [-0.15, -0.1) is 0 Å². The van der Waals surface area contributed by atoms with Crippen molar-refractivity contribution < 1.29 is 28.9 Å². The average molecular weight is 784 g/mol. The molecule has 0 saturated carbocycles. The molecule has 3 saturated heterocycles. The number of carbonyl (C=O) groups is 2. The van der Waals surface area contributed by atoms with Crippen LogP contribution in [0.5, 0.6) is 17.2 Å². The van der Waals surface area contributed by atoms with Crippen molar-refractivity contribution in [2.75, 3.05) is 39.3 Å². The van der Waals surface area contributed by atoms with Crippen molar-refractivity contribution >= 4 is 35.1 Å². The van der Waals surface area contributed by atoms with Crippen LogP contribution in [-0.2, 0) is 24.4 Å². The predicted molar refractivity (Wildman–Crippen MR) is 205 cm³/mol. The molecular formula is C41H40Cl2N6O6. The largest absolute Gasteiger partial charge is 0.492 e. The molecule has 8 rings (SSSR count). The third-order valence-electron chi connectivity index (χ3n) is 10.7. The van der Waals surface area contributed by atoms with Gasteiger partial charge in [-0.25, -0.2) is 4.79 Å². The number of carbonyl (C=O) groups excluding carboxylic acids is 2. The minimum absolute atomic E-state index is 0.154. The number of rotatable bonds is 13. The molecule has 3 N–H and O–H groups in total. The summed E-state index contributed by atoms with van der Waals surface area (Å²) in [7, 11) is 0. The van der Waals surface area contributed by atoms with E-state index in [1.165, 1.54) is 6.20 Å². The number of β-amino-alcohol motifs (C(OH)–C–C–N with tert-alkyl or cyclic N) is 1. The molecule has 0 bridgehead atoms. The summed E-state index contributed by atoms with van der Waals surface area (Å²) in [6, 6.07) is 19.0. The fourth-order valence-electron chi connectivity index (χ4n) is 7.96. The molecule has 4 aliphatic rings. The highest BCUT2D eigenvalue weighted by Gasteiger charge is 2.50. The summed E-state index contributed by atoms with van der Waals surface area (Å²) in [5.41, 5.74) is 5.12. The van der Waals surface area contributed by atoms with E-state index in [-0.39, 0.29) is 24.7 Å². The van der Waals surface area contributed by atoms with Crippen LogP contribution in [0.25, 0.3) is 11.1 Å². The first-order chi connectivity index (χ1) is 26.7. The van der Waals surface area contributed by atoms with Gasteiger partial charge in [-0.3, -0.25) is 24.9 Å². The molecule has 2 atom stereocenters. The number of halogens is 2. The second-order valence-electron chi connectivity index (χ2n) is 14.6. The first kappa shape index (κ1) is 37.0. The highest BCUT2D eigenvalue weighted by atomic mass is 35.5. The minimum Gasteiger partial charge on any atom is -0.492 e. The number of amides is 3. The smallest absolute Gasteiger partial charge is 0.322 e. The van der Waals surface area contributed by atoms with Gasteiger partial charge in [0.2, 0.25) is 0 Å². The molecule has 4 heterocycles. The quantitative estimate of drug-likeness (QED) is 0.112. The van der Waals surface area contributed by atoms with E-state index in [9.17, 15) is 20.0 Å². The van der Waals surface area contributed by atoms with Crippen molar-refractivity contribution in [3.8, 4) is 34.4 Å². The molecule has 3 aromatic carbocycles. The molecule has 0 radical (unpaired) electrons. The summed E-state index contributed by atoms with van der Waals surface area (Å²) >= 11 is 13.9. The molecule has 1 aromatic heterocycles. The van der Waals surface area contributed by atoms with Gasteiger partial charge in [0.05, 0.1) is 28.3 Å². The molecule has 1 aliphatic carbocycles. The van der Waals surface area contributed by atoms with Crippen LogP contribution in [0.3, 0.4) is 0 Å². The Hall–Kier alpha value is -4.90. The number of aliphatic hydroxyl groups excluding tert-OH is 1. The number of imide groups is 1. The molecule has 3 amide bonds. The number of likely N-dealkylation sites (tertiary alicyclic amines) is 2. The minimum atomic E-state index is -0.957. The molecule has 4 aromatic rings. The number of aliphatic hydroxyl groups is 1. The number of ether oxygens (including phenoxy) is 3. The zero-order chi connectivity index (χ0) is 38.1. The van der Waals surface area contributed by atoms with Crippen LogP contribution in [0.4, 0.5) is 4.79 Å². The number of fused-ring (bicyclic) bond motifs is 1. The molecule has 12 nitrogen and oxygen atoms in total. The van der Waals surface area contributed by atoms with Crippen LogP contribution in [0.1, 0.15) is 53.2 Å². The monoisotopic (exact) mass is 782 g/mol. The van der Waals surface area contributed by atoms with Crippen molar-refractivity contribution in [2.45, 2.75) is 56.6 Å². The van der Waals surface area contributed by atoms with Crippen LogP contribution >= 0.6 is 23.2 Å². The Morgan fingerprint density at radius 1 is 1.00 bits per heavy atom. The Kier molecular flexibility index (Phi) is 10.6. The first-order valence-corrected chi connectivity index (χ1v) is 19.2. The highest BCUT2D eigenvalue weighted by Crippen LogP contribution is 2.45. The summed E-state index contributed by atoms with van der Waals surface area (Å²) in [5.74, 6) is 1.33. The maximum Gasteiger partial charge on any atom is 0.322 e. The number of hydrogen-bond acceptors (Lipinski definition) is 10.